The van der Waals surface area contributed by atoms with E-state index in [1.165, 1.54) is 13.8 Å². The van der Waals surface area contributed by atoms with Crippen LogP contribution < -0.4 is 21.7 Å². The van der Waals surface area contributed by atoms with Gasteiger partial charge in [0.1, 0.15) is 0 Å². The van der Waals surface area contributed by atoms with Gasteiger partial charge in [-0.3, -0.25) is 40.9 Å². The summed E-state index contributed by atoms with van der Waals surface area (Å²) in [6, 6.07) is 0. The molecule has 0 aliphatic rings. The molecule has 0 aliphatic carbocycles. The van der Waals surface area contributed by atoms with Crippen molar-refractivity contribution in [2.24, 2.45) is 0 Å². The third kappa shape index (κ3) is 14.3. The minimum absolute atomic E-state index is 0.190. The number of unbranched alkanes of at least 4 members (excludes halogenated alkanes) is 5. The maximum atomic E-state index is 11.3. The quantitative estimate of drug-likeness (QED) is 0.365. The van der Waals surface area contributed by atoms with Gasteiger partial charge in [-0.05, 0) is 12.8 Å². The SMILES string of the molecule is CC(=O)NNC(=O)CCCCCCCCC(=O)NNC(C)=O. The fourth-order valence-corrected chi connectivity index (χ4v) is 1.72. The van der Waals surface area contributed by atoms with Gasteiger partial charge in [0, 0.05) is 26.7 Å². The molecule has 0 saturated carbocycles. The zero-order valence-corrected chi connectivity index (χ0v) is 13.3. The van der Waals surface area contributed by atoms with Gasteiger partial charge in [-0.15, -0.1) is 0 Å². The van der Waals surface area contributed by atoms with Gasteiger partial charge < -0.3 is 0 Å². The summed E-state index contributed by atoms with van der Waals surface area (Å²) < 4.78 is 0. The molecule has 22 heavy (non-hydrogen) atoms. The first-order valence-electron chi connectivity index (χ1n) is 7.52. The topological polar surface area (TPSA) is 116 Å². The van der Waals surface area contributed by atoms with Crippen LogP contribution in [-0.2, 0) is 19.2 Å². The molecule has 0 aromatic carbocycles. The largest absolute Gasteiger partial charge is 0.274 e. The van der Waals surface area contributed by atoms with Crippen molar-refractivity contribution < 1.29 is 19.2 Å². The van der Waals surface area contributed by atoms with Crippen LogP contribution in [0.4, 0.5) is 0 Å². The molecule has 0 unspecified atom stereocenters. The Kier molecular flexibility index (Phi) is 11.4. The highest BCUT2D eigenvalue weighted by molar-refractivity contribution is 5.81. The molecule has 0 heterocycles. The van der Waals surface area contributed by atoms with E-state index >= 15 is 0 Å². The third-order valence-electron chi connectivity index (χ3n) is 2.81. The van der Waals surface area contributed by atoms with Gasteiger partial charge >= 0.3 is 0 Å². The molecule has 0 saturated heterocycles. The molecule has 0 aromatic rings. The van der Waals surface area contributed by atoms with Crippen molar-refractivity contribution in [1.29, 1.82) is 0 Å². The van der Waals surface area contributed by atoms with Crippen molar-refractivity contribution in [3.63, 3.8) is 0 Å². The second-order valence-electron chi connectivity index (χ2n) is 5.08. The molecule has 0 atom stereocenters. The fourth-order valence-electron chi connectivity index (χ4n) is 1.72. The van der Waals surface area contributed by atoms with Crippen molar-refractivity contribution in [2.45, 2.75) is 65.2 Å². The van der Waals surface area contributed by atoms with Crippen LogP contribution in [0, 0.1) is 0 Å². The van der Waals surface area contributed by atoms with Crippen LogP contribution in [0.15, 0.2) is 0 Å². The lowest BCUT2D eigenvalue weighted by Gasteiger charge is -2.05. The monoisotopic (exact) mass is 314 g/mol. The van der Waals surface area contributed by atoms with Crippen LogP contribution in [0.5, 0.6) is 0 Å². The van der Waals surface area contributed by atoms with Crippen molar-refractivity contribution >= 4 is 23.6 Å². The minimum Gasteiger partial charge on any atom is -0.274 e. The summed E-state index contributed by atoms with van der Waals surface area (Å²) >= 11 is 0. The zero-order chi connectivity index (χ0) is 16.8. The van der Waals surface area contributed by atoms with E-state index in [4.69, 9.17) is 0 Å². The first kappa shape index (κ1) is 19.9. The lowest BCUT2D eigenvalue weighted by Crippen LogP contribution is -2.40. The average molecular weight is 314 g/mol. The van der Waals surface area contributed by atoms with Crippen molar-refractivity contribution in [1.82, 2.24) is 21.7 Å². The molecular weight excluding hydrogens is 288 g/mol. The Morgan fingerprint density at radius 2 is 0.864 bits per heavy atom. The van der Waals surface area contributed by atoms with Gasteiger partial charge in [-0.1, -0.05) is 25.7 Å². The Bertz CT molecular complexity index is 349. The minimum atomic E-state index is -0.295. The molecule has 0 radical (unpaired) electrons. The standard InChI is InChI=1S/C14H26N4O4/c1-11(19)15-17-13(21)9-7-5-3-4-6-8-10-14(22)18-16-12(2)20/h3-10H2,1-2H3,(H,15,19)(H,16,20)(H,17,21)(H,18,22). The number of hydrogen-bond acceptors (Lipinski definition) is 4. The summed E-state index contributed by atoms with van der Waals surface area (Å²) in [6.07, 6.45) is 6.19. The number of rotatable bonds is 9. The normalized spacial score (nSPS) is 9.73. The molecule has 0 rings (SSSR count). The van der Waals surface area contributed by atoms with Crippen LogP contribution >= 0.6 is 0 Å². The summed E-state index contributed by atoms with van der Waals surface area (Å²) in [6.45, 7) is 2.66. The molecule has 0 spiro atoms. The third-order valence-corrected chi connectivity index (χ3v) is 2.81. The first-order chi connectivity index (χ1) is 10.4. The maximum absolute atomic E-state index is 11.3. The van der Waals surface area contributed by atoms with Gasteiger partial charge in [-0.2, -0.15) is 0 Å². The molecule has 0 bridgehead atoms. The summed E-state index contributed by atoms with van der Waals surface area (Å²) in [7, 11) is 0. The Hall–Kier alpha value is -2.12. The second kappa shape index (κ2) is 12.6. The Balaban J connectivity index is 3.33. The van der Waals surface area contributed by atoms with E-state index < -0.39 is 0 Å². The van der Waals surface area contributed by atoms with E-state index in [1.807, 2.05) is 0 Å². The zero-order valence-electron chi connectivity index (χ0n) is 13.3. The number of nitrogens with one attached hydrogen (secondary N) is 4. The van der Waals surface area contributed by atoms with E-state index in [2.05, 4.69) is 21.7 Å². The molecule has 8 heteroatoms. The van der Waals surface area contributed by atoms with E-state index in [0.717, 1.165) is 38.5 Å². The highest BCUT2D eigenvalue weighted by atomic mass is 16.2. The predicted octanol–water partition coefficient (Wildman–Crippen LogP) is 0.442. The Labute approximate surface area is 130 Å². The highest BCUT2D eigenvalue weighted by Gasteiger charge is 2.02. The van der Waals surface area contributed by atoms with E-state index in [-0.39, 0.29) is 23.6 Å². The molecule has 4 amide bonds. The van der Waals surface area contributed by atoms with Gasteiger partial charge in [0.25, 0.3) is 0 Å². The molecule has 126 valence electrons. The molecular formula is C14H26N4O4. The fraction of sp³-hybridized carbons (Fsp3) is 0.714. The number of hydrogen-bond donors (Lipinski definition) is 4. The van der Waals surface area contributed by atoms with Gasteiger partial charge in [0.2, 0.25) is 23.6 Å². The van der Waals surface area contributed by atoms with Gasteiger partial charge in [-0.25, -0.2) is 0 Å². The summed E-state index contributed by atoms with van der Waals surface area (Å²) in [5.74, 6) is -0.971. The van der Waals surface area contributed by atoms with Crippen LogP contribution in [0.1, 0.15) is 65.2 Å². The van der Waals surface area contributed by atoms with Crippen molar-refractivity contribution in [3.8, 4) is 0 Å². The van der Waals surface area contributed by atoms with E-state index in [1.54, 1.807) is 0 Å². The first-order valence-corrected chi connectivity index (χ1v) is 7.52. The molecule has 8 nitrogen and oxygen atoms in total. The second-order valence-corrected chi connectivity index (χ2v) is 5.08. The van der Waals surface area contributed by atoms with E-state index in [0.29, 0.717) is 12.8 Å². The summed E-state index contributed by atoms with van der Waals surface area (Å²) in [5.41, 5.74) is 9.10. The summed E-state index contributed by atoms with van der Waals surface area (Å²) in [5, 5.41) is 0. The number of amides is 4. The van der Waals surface area contributed by atoms with Crippen LogP contribution in [-0.4, -0.2) is 23.6 Å². The lowest BCUT2D eigenvalue weighted by atomic mass is 10.1. The molecule has 0 fully saturated rings. The molecule has 0 aliphatic heterocycles. The molecule has 4 N–H and O–H groups in total. The van der Waals surface area contributed by atoms with E-state index in [9.17, 15) is 19.2 Å². The van der Waals surface area contributed by atoms with Gasteiger partial charge in [0.05, 0.1) is 0 Å². The summed E-state index contributed by atoms with van der Waals surface area (Å²) in [4.78, 5) is 43.7. The number of carbonyl (C=O) groups is 4. The van der Waals surface area contributed by atoms with Crippen molar-refractivity contribution in [3.05, 3.63) is 0 Å². The van der Waals surface area contributed by atoms with Crippen LogP contribution in [0.2, 0.25) is 0 Å². The molecule has 0 aromatic heterocycles. The van der Waals surface area contributed by atoms with Gasteiger partial charge in [0.15, 0.2) is 0 Å². The highest BCUT2D eigenvalue weighted by Crippen LogP contribution is 2.08. The predicted molar refractivity (Wildman–Crippen MR) is 80.9 cm³/mol. The number of hydrazine groups is 2. The Morgan fingerprint density at radius 1 is 0.545 bits per heavy atom. The van der Waals surface area contributed by atoms with Crippen molar-refractivity contribution in [2.75, 3.05) is 0 Å². The van der Waals surface area contributed by atoms with Crippen LogP contribution in [0.25, 0.3) is 0 Å². The van der Waals surface area contributed by atoms with Crippen LogP contribution in [0.3, 0.4) is 0 Å². The smallest absolute Gasteiger partial charge is 0.238 e. The number of carbonyl (C=O) groups excluding carboxylic acids is 4. The lowest BCUT2D eigenvalue weighted by molar-refractivity contribution is -0.127. The Morgan fingerprint density at radius 3 is 1.18 bits per heavy atom. The maximum Gasteiger partial charge on any atom is 0.238 e. The average Bonchev–Trinajstić information content (AvgIpc) is 2.45.